The second-order valence-corrected chi connectivity index (χ2v) is 7.89. The van der Waals surface area contributed by atoms with E-state index in [0.717, 1.165) is 48.3 Å². The Morgan fingerprint density at radius 3 is 2.62 bits per heavy atom. The van der Waals surface area contributed by atoms with Gasteiger partial charge >= 0.3 is 0 Å². The van der Waals surface area contributed by atoms with E-state index in [9.17, 15) is 9.59 Å². The van der Waals surface area contributed by atoms with E-state index in [-0.39, 0.29) is 18.4 Å². The van der Waals surface area contributed by atoms with Crippen LogP contribution in [0.5, 0.6) is 0 Å². The Kier molecular flexibility index (Phi) is 7.09. The Hall–Kier alpha value is -2.60. The highest BCUT2D eigenvalue weighted by Gasteiger charge is 2.17. The summed E-state index contributed by atoms with van der Waals surface area (Å²) in [6, 6.07) is 9.81. The molecule has 0 atom stereocenters. The molecular formula is C22H27ClN4O2. The van der Waals surface area contributed by atoms with Crippen LogP contribution in [-0.2, 0) is 9.59 Å². The Balaban J connectivity index is 1.57. The van der Waals surface area contributed by atoms with Crippen molar-refractivity contribution in [3.63, 3.8) is 0 Å². The molecule has 1 aliphatic rings. The molecule has 0 saturated heterocycles. The summed E-state index contributed by atoms with van der Waals surface area (Å²) in [5, 5.41) is 7.62. The highest BCUT2D eigenvalue weighted by Crippen LogP contribution is 2.25. The number of benzene rings is 1. The van der Waals surface area contributed by atoms with E-state index in [1.54, 1.807) is 6.21 Å². The fraction of sp³-hybridized carbons (Fsp3) is 0.409. The first-order valence-corrected chi connectivity index (χ1v) is 10.4. The lowest BCUT2D eigenvalue weighted by Crippen LogP contribution is -2.38. The smallest absolute Gasteiger partial charge is 0.249 e. The number of rotatable bonds is 6. The summed E-state index contributed by atoms with van der Waals surface area (Å²) >= 11 is 6.33. The zero-order valence-corrected chi connectivity index (χ0v) is 17.6. The van der Waals surface area contributed by atoms with Gasteiger partial charge in [0.2, 0.25) is 11.8 Å². The zero-order valence-electron chi connectivity index (χ0n) is 16.9. The molecule has 0 aliphatic heterocycles. The van der Waals surface area contributed by atoms with Gasteiger partial charge in [0.15, 0.2) is 0 Å². The van der Waals surface area contributed by atoms with Gasteiger partial charge in [-0.3, -0.25) is 9.59 Å². The lowest BCUT2D eigenvalue weighted by molar-refractivity contribution is -0.129. The van der Waals surface area contributed by atoms with Crippen LogP contribution in [0.25, 0.3) is 5.69 Å². The molecule has 1 fully saturated rings. The van der Waals surface area contributed by atoms with Crippen molar-refractivity contribution in [3.8, 4) is 5.69 Å². The highest BCUT2D eigenvalue weighted by molar-refractivity contribution is 6.32. The van der Waals surface area contributed by atoms with Crippen molar-refractivity contribution in [1.82, 2.24) is 15.3 Å². The zero-order chi connectivity index (χ0) is 20.8. The first-order valence-electron chi connectivity index (χ1n) is 10.0. The molecule has 2 aromatic rings. The van der Waals surface area contributed by atoms with E-state index >= 15 is 0 Å². The van der Waals surface area contributed by atoms with Gasteiger partial charge in [0.1, 0.15) is 6.42 Å². The molecule has 0 bridgehead atoms. The van der Waals surface area contributed by atoms with Crippen molar-refractivity contribution in [3.05, 3.63) is 52.3 Å². The van der Waals surface area contributed by atoms with Crippen LogP contribution in [-0.4, -0.2) is 28.6 Å². The number of aromatic nitrogens is 1. The van der Waals surface area contributed by atoms with Crippen molar-refractivity contribution in [2.75, 3.05) is 0 Å². The number of hydrogen-bond acceptors (Lipinski definition) is 3. The van der Waals surface area contributed by atoms with Crippen LogP contribution >= 0.6 is 11.6 Å². The SMILES string of the molecule is Cc1cc(/C=N/NC(=O)CC(=O)NC2CCCCC2)c(C)n1-c1ccccc1Cl. The fourth-order valence-electron chi connectivity index (χ4n) is 3.81. The van der Waals surface area contributed by atoms with Crippen molar-refractivity contribution < 1.29 is 9.59 Å². The van der Waals surface area contributed by atoms with Gasteiger partial charge in [0, 0.05) is 23.0 Å². The largest absolute Gasteiger partial charge is 0.353 e. The summed E-state index contributed by atoms with van der Waals surface area (Å²) in [5.74, 6) is -0.670. The molecule has 7 heteroatoms. The molecule has 1 aliphatic carbocycles. The maximum Gasteiger partial charge on any atom is 0.249 e. The summed E-state index contributed by atoms with van der Waals surface area (Å²) in [6.45, 7) is 3.96. The number of carbonyl (C=O) groups excluding carboxylic acids is 2. The number of amides is 2. The molecule has 29 heavy (non-hydrogen) atoms. The first kappa shape index (κ1) is 21.1. The van der Waals surface area contributed by atoms with Crippen molar-refractivity contribution in [1.29, 1.82) is 0 Å². The summed E-state index contributed by atoms with van der Waals surface area (Å²) in [6.07, 6.45) is 6.85. The predicted octanol–water partition coefficient (Wildman–Crippen LogP) is 4.04. The highest BCUT2D eigenvalue weighted by atomic mass is 35.5. The van der Waals surface area contributed by atoms with Crippen LogP contribution in [0.15, 0.2) is 35.4 Å². The Bertz CT molecular complexity index is 914. The van der Waals surface area contributed by atoms with Gasteiger partial charge < -0.3 is 9.88 Å². The number of nitrogens with one attached hydrogen (secondary N) is 2. The van der Waals surface area contributed by atoms with E-state index in [1.807, 2.05) is 48.7 Å². The van der Waals surface area contributed by atoms with E-state index in [4.69, 9.17) is 11.6 Å². The van der Waals surface area contributed by atoms with Crippen LogP contribution in [0.2, 0.25) is 5.02 Å². The summed E-state index contributed by atoms with van der Waals surface area (Å²) in [5.41, 5.74) is 6.18. The third-order valence-electron chi connectivity index (χ3n) is 5.25. The minimum atomic E-state index is -0.422. The van der Waals surface area contributed by atoms with Gasteiger partial charge in [-0.05, 0) is 44.9 Å². The molecule has 6 nitrogen and oxygen atoms in total. The molecular weight excluding hydrogens is 388 g/mol. The number of para-hydroxylation sites is 1. The molecule has 0 radical (unpaired) electrons. The van der Waals surface area contributed by atoms with Crippen molar-refractivity contribution in [2.24, 2.45) is 5.10 Å². The summed E-state index contributed by atoms with van der Waals surface area (Å²) in [4.78, 5) is 24.0. The number of hydrazone groups is 1. The average Bonchev–Trinajstić information content (AvgIpc) is 2.96. The van der Waals surface area contributed by atoms with Crippen molar-refractivity contribution in [2.45, 2.75) is 58.4 Å². The predicted molar refractivity (Wildman–Crippen MR) is 116 cm³/mol. The molecule has 1 aromatic carbocycles. The molecule has 154 valence electrons. The number of nitrogens with zero attached hydrogens (tertiary/aromatic N) is 2. The molecule has 0 spiro atoms. The number of aryl methyl sites for hydroxylation is 1. The third-order valence-corrected chi connectivity index (χ3v) is 5.57. The number of halogens is 1. The average molecular weight is 415 g/mol. The molecule has 1 heterocycles. The Morgan fingerprint density at radius 1 is 1.17 bits per heavy atom. The topological polar surface area (TPSA) is 75.5 Å². The lowest BCUT2D eigenvalue weighted by Gasteiger charge is -2.22. The van der Waals surface area contributed by atoms with E-state index in [2.05, 4.69) is 15.8 Å². The maximum absolute atomic E-state index is 12.0. The van der Waals surface area contributed by atoms with Gasteiger partial charge in [-0.1, -0.05) is 43.0 Å². The van der Waals surface area contributed by atoms with Crippen LogP contribution in [0.3, 0.4) is 0 Å². The van der Waals surface area contributed by atoms with Crippen LogP contribution < -0.4 is 10.7 Å². The minimum Gasteiger partial charge on any atom is -0.353 e. The van der Waals surface area contributed by atoms with Gasteiger partial charge in [-0.25, -0.2) is 5.43 Å². The number of carbonyl (C=O) groups is 2. The van der Waals surface area contributed by atoms with E-state index in [0.29, 0.717) is 5.02 Å². The second-order valence-electron chi connectivity index (χ2n) is 7.49. The van der Waals surface area contributed by atoms with Crippen LogP contribution in [0, 0.1) is 13.8 Å². The van der Waals surface area contributed by atoms with Gasteiger partial charge in [0.25, 0.3) is 0 Å². The van der Waals surface area contributed by atoms with E-state index in [1.165, 1.54) is 6.42 Å². The standard InChI is InChI=1S/C22H27ClN4O2/c1-15-12-17(16(2)27(15)20-11-7-6-10-19(20)23)14-24-26-22(29)13-21(28)25-18-8-4-3-5-9-18/h6-7,10-12,14,18H,3-5,8-9,13H2,1-2H3,(H,25,28)(H,26,29)/b24-14+. The lowest BCUT2D eigenvalue weighted by atomic mass is 9.95. The summed E-state index contributed by atoms with van der Waals surface area (Å²) < 4.78 is 2.04. The van der Waals surface area contributed by atoms with Gasteiger partial charge in [0.05, 0.1) is 16.9 Å². The monoisotopic (exact) mass is 414 g/mol. The normalized spacial score (nSPS) is 14.9. The van der Waals surface area contributed by atoms with Crippen LogP contribution in [0.4, 0.5) is 0 Å². The molecule has 2 N–H and O–H groups in total. The molecule has 0 unspecified atom stereocenters. The maximum atomic E-state index is 12.0. The van der Waals surface area contributed by atoms with E-state index < -0.39 is 5.91 Å². The molecule has 3 rings (SSSR count). The minimum absolute atomic E-state index is 0.197. The Morgan fingerprint density at radius 2 is 1.90 bits per heavy atom. The third kappa shape index (κ3) is 5.48. The van der Waals surface area contributed by atoms with Crippen LogP contribution in [0.1, 0.15) is 55.5 Å². The fourth-order valence-corrected chi connectivity index (χ4v) is 4.03. The van der Waals surface area contributed by atoms with Crippen molar-refractivity contribution >= 4 is 29.6 Å². The number of hydrogen-bond donors (Lipinski definition) is 2. The van der Waals surface area contributed by atoms with Gasteiger partial charge in [-0.2, -0.15) is 5.10 Å². The molecule has 1 saturated carbocycles. The summed E-state index contributed by atoms with van der Waals surface area (Å²) in [7, 11) is 0. The quantitative estimate of drug-likeness (QED) is 0.425. The van der Waals surface area contributed by atoms with Gasteiger partial charge in [-0.15, -0.1) is 0 Å². The second kappa shape index (κ2) is 9.74. The Labute approximate surface area is 176 Å². The molecule has 1 aromatic heterocycles. The molecule has 2 amide bonds. The first-order chi connectivity index (χ1) is 14.0.